The third-order valence-electron chi connectivity index (χ3n) is 4.23. The molecule has 0 aromatic heterocycles. The molecule has 0 N–H and O–H groups in total. The summed E-state index contributed by atoms with van der Waals surface area (Å²) >= 11 is 0. The van der Waals surface area contributed by atoms with Gasteiger partial charge in [-0.2, -0.15) is 0 Å². The van der Waals surface area contributed by atoms with Gasteiger partial charge in [0.2, 0.25) is 0 Å². The van der Waals surface area contributed by atoms with Crippen LogP contribution in [0, 0.1) is 5.92 Å². The zero-order valence-electron chi connectivity index (χ0n) is 13.1. The highest BCUT2D eigenvalue weighted by Crippen LogP contribution is 2.39. The van der Waals surface area contributed by atoms with E-state index in [4.69, 9.17) is 9.47 Å². The molecule has 1 aromatic carbocycles. The molecular weight excluding hydrogens is 264 g/mol. The first kappa shape index (κ1) is 15.6. The van der Waals surface area contributed by atoms with Crippen LogP contribution in [0.15, 0.2) is 35.9 Å². The fraction of sp³-hybridized carbons (Fsp3) is 0.500. The van der Waals surface area contributed by atoms with E-state index in [1.165, 1.54) is 11.1 Å². The number of benzene rings is 1. The summed E-state index contributed by atoms with van der Waals surface area (Å²) in [5.41, 5.74) is 2.58. The van der Waals surface area contributed by atoms with Crippen molar-refractivity contribution in [2.75, 3.05) is 13.7 Å². The van der Waals surface area contributed by atoms with Crippen molar-refractivity contribution in [1.82, 2.24) is 0 Å². The summed E-state index contributed by atoms with van der Waals surface area (Å²) in [6, 6.07) is 8.33. The molecule has 1 aromatic rings. The lowest BCUT2D eigenvalue weighted by Gasteiger charge is -2.29. The van der Waals surface area contributed by atoms with E-state index in [1.807, 2.05) is 19.1 Å². The Morgan fingerprint density at radius 1 is 1.33 bits per heavy atom. The Labute approximate surface area is 127 Å². The molecule has 3 nitrogen and oxygen atoms in total. The lowest BCUT2D eigenvalue weighted by atomic mass is 9.76. The Morgan fingerprint density at radius 3 is 2.62 bits per heavy atom. The zero-order valence-corrected chi connectivity index (χ0v) is 13.1. The van der Waals surface area contributed by atoms with E-state index in [0.717, 1.165) is 25.0 Å². The third-order valence-corrected chi connectivity index (χ3v) is 4.23. The maximum absolute atomic E-state index is 11.6. The number of esters is 1. The van der Waals surface area contributed by atoms with E-state index in [2.05, 4.69) is 19.1 Å². The molecule has 1 saturated carbocycles. The first-order valence-electron chi connectivity index (χ1n) is 7.65. The van der Waals surface area contributed by atoms with Gasteiger partial charge in [-0.25, -0.2) is 4.79 Å². The van der Waals surface area contributed by atoms with Gasteiger partial charge in [-0.15, -0.1) is 0 Å². The first-order chi connectivity index (χ1) is 10.1. The van der Waals surface area contributed by atoms with Gasteiger partial charge in [-0.1, -0.05) is 24.6 Å². The molecule has 2 rings (SSSR count). The number of methoxy groups -OCH3 is 1. The lowest BCUT2D eigenvalue weighted by Crippen LogP contribution is -2.16. The van der Waals surface area contributed by atoms with Crippen molar-refractivity contribution in [2.24, 2.45) is 5.92 Å². The van der Waals surface area contributed by atoms with Crippen LogP contribution in [0.25, 0.3) is 0 Å². The van der Waals surface area contributed by atoms with Crippen LogP contribution in [-0.2, 0) is 9.53 Å². The molecule has 1 aliphatic rings. The van der Waals surface area contributed by atoms with E-state index in [9.17, 15) is 4.79 Å². The second kappa shape index (κ2) is 7.30. The summed E-state index contributed by atoms with van der Waals surface area (Å²) in [7, 11) is 1.68. The van der Waals surface area contributed by atoms with E-state index < -0.39 is 0 Å². The second-order valence-electron chi connectivity index (χ2n) is 5.62. The summed E-state index contributed by atoms with van der Waals surface area (Å²) in [6.45, 7) is 4.46. The lowest BCUT2D eigenvalue weighted by molar-refractivity contribution is -0.137. The third kappa shape index (κ3) is 4.10. The van der Waals surface area contributed by atoms with Crippen molar-refractivity contribution in [3.05, 3.63) is 41.5 Å². The standard InChI is InChI=1S/C18H24O3/c1-4-21-18(19)12-15-5-6-16(11-13(15)2)14-7-9-17(20-3)10-8-14/h7-10,12-13,16H,4-6,11H2,1-3H3. The number of hydrogen-bond acceptors (Lipinski definition) is 3. The Hall–Kier alpha value is -1.77. The van der Waals surface area contributed by atoms with Crippen molar-refractivity contribution in [2.45, 2.75) is 39.0 Å². The number of ether oxygens (including phenoxy) is 2. The van der Waals surface area contributed by atoms with Crippen LogP contribution in [0.2, 0.25) is 0 Å². The summed E-state index contributed by atoms with van der Waals surface area (Å²) in [5.74, 6) is 1.67. The van der Waals surface area contributed by atoms with Gasteiger partial charge in [0.15, 0.2) is 0 Å². The average molecular weight is 288 g/mol. The van der Waals surface area contributed by atoms with Crippen LogP contribution in [0.4, 0.5) is 0 Å². The summed E-state index contributed by atoms with van der Waals surface area (Å²) in [6.07, 6.45) is 4.83. The molecule has 0 saturated heterocycles. The SMILES string of the molecule is CCOC(=O)C=C1CCC(c2ccc(OC)cc2)CC1C. The molecule has 0 radical (unpaired) electrons. The van der Waals surface area contributed by atoms with Crippen LogP contribution in [0.1, 0.15) is 44.6 Å². The van der Waals surface area contributed by atoms with Crippen LogP contribution >= 0.6 is 0 Å². The minimum Gasteiger partial charge on any atom is -0.497 e. The average Bonchev–Trinajstić information content (AvgIpc) is 2.50. The van der Waals surface area contributed by atoms with Crippen LogP contribution in [0.5, 0.6) is 5.75 Å². The van der Waals surface area contributed by atoms with E-state index in [1.54, 1.807) is 13.2 Å². The van der Waals surface area contributed by atoms with E-state index >= 15 is 0 Å². The molecular formula is C18H24O3. The highest BCUT2D eigenvalue weighted by atomic mass is 16.5. The molecule has 3 heteroatoms. The molecule has 0 aliphatic heterocycles. The maximum Gasteiger partial charge on any atom is 0.330 e. The van der Waals surface area contributed by atoms with Crippen molar-refractivity contribution in [3.63, 3.8) is 0 Å². The van der Waals surface area contributed by atoms with Gasteiger partial charge in [-0.05, 0) is 55.7 Å². The topological polar surface area (TPSA) is 35.5 Å². The molecule has 0 heterocycles. The Bertz CT molecular complexity index is 502. The van der Waals surface area contributed by atoms with Crippen LogP contribution in [-0.4, -0.2) is 19.7 Å². The number of hydrogen-bond donors (Lipinski definition) is 0. The van der Waals surface area contributed by atoms with Crippen molar-refractivity contribution >= 4 is 5.97 Å². The molecule has 1 fully saturated rings. The predicted molar refractivity (Wildman–Crippen MR) is 83.5 cm³/mol. The number of rotatable bonds is 4. The van der Waals surface area contributed by atoms with Crippen molar-refractivity contribution in [1.29, 1.82) is 0 Å². The number of carbonyl (C=O) groups is 1. The van der Waals surface area contributed by atoms with Gasteiger partial charge >= 0.3 is 5.97 Å². The monoisotopic (exact) mass is 288 g/mol. The normalized spacial score (nSPS) is 23.9. The van der Waals surface area contributed by atoms with Crippen LogP contribution < -0.4 is 4.74 Å². The molecule has 2 atom stereocenters. The van der Waals surface area contributed by atoms with Crippen molar-refractivity contribution in [3.8, 4) is 5.75 Å². The Kier molecular flexibility index (Phi) is 5.43. The predicted octanol–water partition coefficient (Wildman–Crippen LogP) is 4.09. The van der Waals surface area contributed by atoms with Crippen molar-refractivity contribution < 1.29 is 14.3 Å². The molecule has 1 aliphatic carbocycles. The largest absolute Gasteiger partial charge is 0.497 e. The summed E-state index contributed by atoms with van der Waals surface area (Å²) in [5, 5.41) is 0. The molecule has 114 valence electrons. The molecule has 0 amide bonds. The Morgan fingerprint density at radius 2 is 2.05 bits per heavy atom. The summed E-state index contributed by atoms with van der Waals surface area (Å²) < 4.78 is 10.2. The minimum atomic E-state index is -0.206. The van der Waals surface area contributed by atoms with Gasteiger partial charge in [-0.3, -0.25) is 0 Å². The molecule has 21 heavy (non-hydrogen) atoms. The van der Waals surface area contributed by atoms with E-state index in [0.29, 0.717) is 18.4 Å². The van der Waals surface area contributed by atoms with Crippen LogP contribution in [0.3, 0.4) is 0 Å². The highest BCUT2D eigenvalue weighted by molar-refractivity contribution is 5.82. The van der Waals surface area contributed by atoms with E-state index in [-0.39, 0.29) is 5.97 Å². The van der Waals surface area contributed by atoms with Gasteiger partial charge in [0.1, 0.15) is 5.75 Å². The molecule has 0 spiro atoms. The zero-order chi connectivity index (χ0) is 15.2. The summed E-state index contributed by atoms with van der Waals surface area (Å²) in [4.78, 5) is 11.6. The number of carbonyl (C=O) groups excluding carboxylic acids is 1. The second-order valence-corrected chi connectivity index (χ2v) is 5.62. The fourth-order valence-corrected chi connectivity index (χ4v) is 3.01. The van der Waals surface area contributed by atoms with Gasteiger partial charge < -0.3 is 9.47 Å². The number of allylic oxidation sites excluding steroid dienone is 1. The van der Waals surface area contributed by atoms with Gasteiger partial charge in [0, 0.05) is 6.08 Å². The maximum atomic E-state index is 11.6. The molecule has 2 unspecified atom stereocenters. The molecule has 0 bridgehead atoms. The minimum absolute atomic E-state index is 0.206. The first-order valence-corrected chi connectivity index (χ1v) is 7.65. The Balaban J connectivity index is 2.01. The quantitative estimate of drug-likeness (QED) is 0.618. The smallest absolute Gasteiger partial charge is 0.330 e. The van der Waals surface area contributed by atoms with Gasteiger partial charge in [0.25, 0.3) is 0 Å². The highest BCUT2D eigenvalue weighted by Gasteiger charge is 2.24. The fourth-order valence-electron chi connectivity index (χ4n) is 3.01. The van der Waals surface area contributed by atoms with Gasteiger partial charge in [0.05, 0.1) is 13.7 Å².